The molecule has 0 unspecified atom stereocenters. The third kappa shape index (κ3) is 6.67. The molecule has 1 aliphatic rings. The summed E-state index contributed by atoms with van der Waals surface area (Å²) < 4.78 is 21.4. The number of Topliss-reactive ketones (excluding diaryl/α,β-unsaturated/α-hetero) is 1. The van der Waals surface area contributed by atoms with Crippen LogP contribution in [0.1, 0.15) is 34.8 Å². The Hall–Kier alpha value is -3.86. The van der Waals surface area contributed by atoms with Crippen molar-refractivity contribution in [3.63, 3.8) is 0 Å². The third-order valence-corrected chi connectivity index (χ3v) is 6.41. The lowest BCUT2D eigenvalue weighted by Gasteiger charge is -2.32. The van der Waals surface area contributed by atoms with Gasteiger partial charge in [0.2, 0.25) is 11.9 Å². The Labute approximate surface area is 215 Å². The molecule has 2 aromatic heterocycles. The zero-order chi connectivity index (χ0) is 26.4. The molecule has 0 bridgehead atoms. The number of rotatable bonds is 10. The first-order chi connectivity index (χ1) is 17.9. The van der Waals surface area contributed by atoms with Crippen molar-refractivity contribution >= 4 is 23.3 Å². The fraction of sp³-hybridized carbons (Fsp3) is 0.423. The fourth-order valence-electron chi connectivity index (χ4n) is 4.12. The van der Waals surface area contributed by atoms with Gasteiger partial charge in [0.15, 0.2) is 17.3 Å². The summed E-state index contributed by atoms with van der Waals surface area (Å²) in [6.07, 6.45) is 7.91. The van der Waals surface area contributed by atoms with Crippen LogP contribution in [0.15, 0.2) is 36.9 Å². The van der Waals surface area contributed by atoms with Crippen LogP contribution in [0.3, 0.4) is 0 Å². The molecule has 1 fully saturated rings. The lowest BCUT2D eigenvalue weighted by Crippen LogP contribution is -2.48. The Morgan fingerprint density at radius 3 is 2.49 bits per heavy atom. The molecular weight excluding hydrogens is 477 g/mol. The standard InChI is InChI=1S/C26H32FN7O3/c1-4-22(35)20-11-19(25(27)23(12-20)37-3)6-5-18-13-28-26(29-14-18)31-21-15-30-34(16-21)17-24(36)33-9-7-32(2)8-10-33/h11-16H,4-10,17H2,1-3H3,(H,28,29,31). The number of methoxy groups -OCH3 is 1. The van der Waals surface area contributed by atoms with E-state index in [9.17, 15) is 14.0 Å². The highest BCUT2D eigenvalue weighted by Gasteiger charge is 2.19. The van der Waals surface area contributed by atoms with Crippen LogP contribution in [-0.2, 0) is 24.2 Å². The largest absolute Gasteiger partial charge is 0.494 e. The summed E-state index contributed by atoms with van der Waals surface area (Å²) in [6.45, 7) is 5.15. The lowest BCUT2D eigenvalue weighted by atomic mass is 10.00. The van der Waals surface area contributed by atoms with E-state index in [1.54, 1.807) is 42.5 Å². The Balaban J connectivity index is 1.33. The van der Waals surface area contributed by atoms with Crippen molar-refractivity contribution in [3.8, 4) is 5.75 Å². The van der Waals surface area contributed by atoms with Gasteiger partial charge in [-0.2, -0.15) is 5.10 Å². The summed E-state index contributed by atoms with van der Waals surface area (Å²) in [6, 6.07) is 3.03. The number of hydrogen-bond acceptors (Lipinski definition) is 8. The molecule has 0 radical (unpaired) electrons. The predicted octanol–water partition coefficient (Wildman–Crippen LogP) is 2.72. The van der Waals surface area contributed by atoms with Crippen LogP contribution in [0, 0.1) is 5.82 Å². The second-order valence-electron chi connectivity index (χ2n) is 9.08. The van der Waals surface area contributed by atoms with E-state index in [-0.39, 0.29) is 24.0 Å². The number of nitrogens with zero attached hydrogens (tertiary/aromatic N) is 6. The zero-order valence-electron chi connectivity index (χ0n) is 21.4. The minimum atomic E-state index is -0.461. The molecule has 3 heterocycles. The predicted molar refractivity (Wildman–Crippen MR) is 137 cm³/mol. The number of carbonyl (C=O) groups excluding carboxylic acids is 2. The Morgan fingerprint density at radius 1 is 1.08 bits per heavy atom. The van der Waals surface area contributed by atoms with E-state index in [0.29, 0.717) is 42.0 Å². The van der Waals surface area contributed by atoms with E-state index in [2.05, 4.69) is 32.3 Å². The number of aryl methyl sites for hydroxylation is 2. The van der Waals surface area contributed by atoms with Crippen molar-refractivity contribution < 1.29 is 18.7 Å². The number of halogens is 1. The highest BCUT2D eigenvalue weighted by molar-refractivity contribution is 5.96. The number of benzene rings is 1. The molecule has 0 spiro atoms. The number of nitrogens with one attached hydrogen (secondary N) is 1. The van der Waals surface area contributed by atoms with Crippen LogP contribution < -0.4 is 10.1 Å². The lowest BCUT2D eigenvalue weighted by molar-refractivity contribution is -0.133. The summed E-state index contributed by atoms with van der Waals surface area (Å²) in [5, 5.41) is 7.34. The number of piperazine rings is 1. The molecule has 37 heavy (non-hydrogen) atoms. The molecule has 4 rings (SSSR count). The molecule has 0 aliphatic carbocycles. The minimum absolute atomic E-state index is 0.0435. The van der Waals surface area contributed by atoms with E-state index in [0.717, 1.165) is 31.7 Å². The monoisotopic (exact) mass is 509 g/mol. The summed E-state index contributed by atoms with van der Waals surface area (Å²) in [7, 11) is 3.44. The molecule has 3 aromatic rings. The maximum absolute atomic E-state index is 14.7. The maximum Gasteiger partial charge on any atom is 0.244 e. The average Bonchev–Trinajstić information content (AvgIpc) is 3.35. The van der Waals surface area contributed by atoms with Gasteiger partial charge in [0.1, 0.15) is 6.54 Å². The topological polar surface area (TPSA) is 105 Å². The molecule has 1 aromatic carbocycles. The van der Waals surface area contributed by atoms with Gasteiger partial charge < -0.3 is 19.9 Å². The summed E-state index contributed by atoms with van der Waals surface area (Å²) in [5.74, 6) is -0.0298. The first-order valence-corrected chi connectivity index (χ1v) is 12.3. The van der Waals surface area contributed by atoms with Crippen LogP contribution in [0.2, 0.25) is 0 Å². The fourth-order valence-corrected chi connectivity index (χ4v) is 4.12. The quantitative estimate of drug-likeness (QED) is 0.416. The molecule has 1 amide bonds. The zero-order valence-corrected chi connectivity index (χ0v) is 21.4. The summed E-state index contributed by atoms with van der Waals surface area (Å²) in [5.41, 5.74) is 2.35. The van der Waals surface area contributed by atoms with Gasteiger partial charge in [-0.05, 0) is 43.1 Å². The average molecular weight is 510 g/mol. The summed E-state index contributed by atoms with van der Waals surface area (Å²) in [4.78, 5) is 37.4. The van der Waals surface area contributed by atoms with Gasteiger partial charge in [-0.25, -0.2) is 14.4 Å². The van der Waals surface area contributed by atoms with Gasteiger partial charge in [0.05, 0.1) is 19.0 Å². The molecule has 10 nitrogen and oxygen atoms in total. The van der Waals surface area contributed by atoms with Crippen molar-refractivity contribution in [2.24, 2.45) is 0 Å². The van der Waals surface area contributed by atoms with Gasteiger partial charge in [-0.1, -0.05) is 6.92 Å². The van der Waals surface area contributed by atoms with Crippen LogP contribution in [0.4, 0.5) is 16.0 Å². The van der Waals surface area contributed by atoms with E-state index < -0.39 is 5.82 Å². The maximum atomic E-state index is 14.7. The summed E-state index contributed by atoms with van der Waals surface area (Å²) >= 11 is 0. The van der Waals surface area contributed by atoms with Crippen molar-refractivity contribution in [1.29, 1.82) is 0 Å². The van der Waals surface area contributed by atoms with Crippen molar-refractivity contribution in [3.05, 3.63) is 59.4 Å². The van der Waals surface area contributed by atoms with Gasteiger partial charge in [-0.15, -0.1) is 0 Å². The van der Waals surface area contributed by atoms with Crippen molar-refractivity contribution in [2.75, 3.05) is 45.7 Å². The number of carbonyl (C=O) groups is 2. The van der Waals surface area contributed by atoms with Gasteiger partial charge >= 0.3 is 0 Å². The Bertz CT molecular complexity index is 1240. The van der Waals surface area contributed by atoms with E-state index in [1.165, 1.54) is 13.2 Å². The number of ether oxygens (including phenoxy) is 1. The first kappa shape index (κ1) is 26.2. The molecule has 0 atom stereocenters. The number of ketones is 1. The smallest absolute Gasteiger partial charge is 0.244 e. The van der Waals surface area contributed by atoms with Gasteiger partial charge in [0, 0.05) is 56.8 Å². The van der Waals surface area contributed by atoms with Crippen LogP contribution >= 0.6 is 0 Å². The Kier molecular flexibility index (Phi) is 8.44. The molecule has 1 N–H and O–H groups in total. The van der Waals surface area contributed by atoms with Crippen molar-refractivity contribution in [2.45, 2.75) is 32.7 Å². The number of hydrogen-bond donors (Lipinski definition) is 1. The van der Waals surface area contributed by atoms with Crippen LogP contribution in [0.25, 0.3) is 0 Å². The third-order valence-electron chi connectivity index (χ3n) is 6.41. The second-order valence-corrected chi connectivity index (χ2v) is 9.08. The highest BCUT2D eigenvalue weighted by atomic mass is 19.1. The molecule has 196 valence electrons. The SMILES string of the molecule is CCC(=O)c1cc(CCc2cnc(Nc3cnn(CC(=O)N4CCN(C)CC4)c3)nc2)c(F)c(OC)c1. The number of amides is 1. The normalized spacial score (nSPS) is 14.0. The molecule has 0 saturated carbocycles. The minimum Gasteiger partial charge on any atom is -0.494 e. The van der Waals surface area contributed by atoms with Crippen molar-refractivity contribution in [1.82, 2.24) is 29.5 Å². The van der Waals surface area contributed by atoms with Gasteiger partial charge in [-0.3, -0.25) is 14.3 Å². The highest BCUT2D eigenvalue weighted by Crippen LogP contribution is 2.25. The Morgan fingerprint density at radius 2 is 1.81 bits per heavy atom. The second kappa shape index (κ2) is 11.9. The van der Waals surface area contributed by atoms with E-state index in [4.69, 9.17) is 4.74 Å². The molecular formula is C26H32FN7O3. The van der Waals surface area contributed by atoms with E-state index in [1.807, 2.05) is 4.90 Å². The number of anilines is 2. The van der Waals surface area contributed by atoms with E-state index >= 15 is 0 Å². The number of aromatic nitrogens is 4. The molecule has 1 saturated heterocycles. The van der Waals surface area contributed by atoms with Crippen LogP contribution in [-0.4, -0.2) is 81.6 Å². The number of likely N-dealkylation sites (N-methyl/N-ethyl adjacent to an activating group) is 1. The molecule has 11 heteroatoms. The molecule has 1 aliphatic heterocycles. The first-order valence-electron chi connectivity index (χ1n) is 12.3. The van der Waals surface area contributed by atoms with Crippen LogP contribution in [0.5, 0.6) is 5.75 Å². The van der Waals surface area contributed by atoms with Gasteiger partial charge in [0.25, 0.3) is 0 Å².